The Kier molecular flexibility index (Phi) is 4.72. The Morgan fingerprint density at radius 1 is 1.73 bits per heavy atom. The van der Waals surface area contributed by atoms with E-state index in [1.807, 2.05) is 13.0 Å². The molecule has 0 bridgehead atoms. The maximum absolute atomic E-state index is 10.2. The molecule has 1 rings (SSSR count). The fourth-order valence-electron chi connectivity index (χ4n) is 0.986. The molecule has 0 aliphatic rings. The lowest BCUT2D eigenvalue weighted by molar-refractivity contribution is -0.143. The molecule has 1 aromatic rings. The number of aliphatic hydroxyl groups excluding tert-OH is 1. The number of carboxylic acids is 1. The molecule has 15 heavy (non-hydrogen) atoms. The van der Waals surface area contributed by atoms with Crippen LogP contribution < -0.4 is 0 Å². The van der Waals surface area contributed by atoms with Gasteiger partial charge in [-0.05, 0) is 28.9 Å². The van der Waals surface area contributed by atoms with Crippen molar-refractivity contribution in [1.82, 2.24) is 0 Å². The molecule has 0 amide bonds. The summed E-state index contributed by atoms with van der Waals surface area (Å²) in [5.41, 5.74) is 0. The molecule has 1 unspecified atom stereocenters. The number of thiophene rings is 1. The number of ether oxygens (including phenoxy) is 1. The summed E-state index contributed by atoms with van der Waals surface area (Å²) in [6, 6.07) is 1.81. The van der Waals surface area contributed by atoms with Crippen molar-refractivity contribution in [1.29, 1.82) is 0 Å². The lowest BCUT2D eigenvalue weighted by Gasteiger charge is -2.07. The average Bonchev–Trinajstić information content (AvgIpc) is 2.46. The minimum Gasteiger partial charge on any atom is -0.480 e. The van der Waals surface area contributed by atoms with Gasteiger partial charge in [0.25, 0.3) is 0 Å². The maximum atomic E-state index is 10.2. The minimum absolute atomic E-state index is 0.00130. The molecule has 0 radical (unpaired) electrons. The molecule has 0 aliphatic heterocycles. The van der Waals surface area contributed by atoms with Gasteiger partial charge >= 0.3 is 5.97 Å². The summed E-state index contributed by atoms with van der Waals surface area (Å²) in [5, 5.41) is 18.0. The van der Waals surface area contributed by atoms with Gasteiger partial charge in [0.1, 0.15) is 12.7 Å². The van der Waals surface area contributed by atoms with Crippen LogP contribution in [0, 0.1) is 6.92 Å². The van der Waals surface area contributed by atoms with Crippen molar-refractivity contribution in [2.45, 2.75) is 13.0 Å². The number of halogens is 1. The van der Waals surface area contributed by atoms with E-state index in [9.17, 15) is 9.90 Å². The first-order valence-electron chi connectivity index (χ1n) is 4.24. The fourth-order valence-corrected chi connectivity index (χ4v) is 2.52. The molecular weight excluding hydrogens is 284 g/mol. The molecule has 6 heteroatoms. The molecule has 0 fully saturated rings. The largest absolute Gasteiger partial charge is 0.480 e. The van der Waals surface area contributed by atoms with Crippen LogP contribution in [0.5, 0.6) is 0 Å². The number of aliphatic carboxylic acids is 1. The summed E-state index contributed by atoms with van der Waals surface area (Å²) in [7, 11) is 0. The van der Waals surface area contributed by atoms with Crippen molar-refractivity contribution >= 4 is 33.2 Å². The van der Waals surface area contributed by atoms with Gasteiger partial charge in [0, 0.05) is 14.2 Å². The third kappa shape index (κ3) is 3.90. The zero-order chi connectivity index (χ0) is 11.4. The van der Waals surface area contributed by atoms with Crippen molar-refractivity contribution in [2.75, 3.05) is 13.2 Å². The molecule has 4 nitrogen and oxygen atoms in total. The molecule has 0 aliphatic carbocycles. The molecule has 1 atom stereocenters. The van der Waals surface area contributed by atoms with E-state index in [2.05, 4.69) is 15.9 Å². The van der Waals surface area contributed by atoms with E-state index in [-0.39, 0.29) is 13.2 Å². The van der Waals surface area contributed by atoms with Gasteiger partial charge in [0.05, 0.1) is 6.61 Å². The topological polar surface area (TPSA) is 66.8 Å². The van der Waals surface area contributed by atoms with E-state index >= 15 is 0 Å². The van der Waals surface area contributed by atoms with Crippen molar-refractivity contribution in [3.8, 4) is 0 Å². The van der Waals surface area contributed by atoms with Gasteiger partial charge < -0.3 is 14.9 Å². The van der Waals surface area contributed by atoms with Gasteiger partial charge in [-0.3, -0.25) is 0 Å². The van der Waals surface area contributed by atoms with E-state index < -0.39 is 12.1 Å². The summed E-state index contributed by atoms with van der Waals surface area (Å²) < 4.78 is 5.75. The fraction of sp³-hybridized carbons (Fsp3) is 0.444. The van der Waals surface area contributed by atoms with Crippen molar-refractivity contribution in [2.24, 2.45) is 0 Å². The Labute approximate surface area is 99.6 Å². The number of hydrogen-bond acceptors (Lipinski definition) is 4. The Bertz CT molecular complexity index is 330. The second kappa shape index (κ2) is 5.60. The molecule has 0 spiro atoms. The van der Waals surface area contributed by atoms with E-state index in [4.69, 9.17) is 9.84 Å². The van der Waals surface area contributed by atoms with Gasteiger partial charge in [0.2, 0.25) is 0 Å². The lowest BCUT2D eigenvalue weighted by atomic mass is 10.3. The lowest BCUT2D eigenvalue weighted by Crippen LogP contribution is -2.12. The van der Waals surface area contributed by atoms with Crippen LogP contribution >= 0.6 is 27.3 Å². The highest BCUT2D eigenvalue weighted by Crippen LogP contribution is 2.30. The number of aryl methyl sites for hydroxylation is 1. The third-order valence-electron chi connectivity index (χ3n) is 1.71. The van der Waals surface area contributed by atoms with E-state index in [0.29, 0.717) is 0 Å². The van der Waals surface area contributed by atoms with Crippen LogP contribution in [0.25, 0.3) is 0 Å². The Morgan fingerprint density at radius 3 is 2.87 bits per heavy atom. The van der Waals surface area contributed by atoms with E-state index in [0.717, 1.165) is 14.2 Å². The molecule has 0 saturated heterocycles. The molecular formula is C9H11BrO4S. The normalized spacial score (nSPS) is 12.7. The number of carboxylic acid groups (broad SMARTS) is 1. The molecule has 1 heterocycles. The predicted molar refractivity (Wildman–Crippen MR) is 60.2 cm³/mol. The zero-order valence-corrected chi connectivity index (χ0v) is 10.5. The van der Waals surface area contributed by atoms with Gasteiger partial charge in [-0.15, -0.1) is 11.3 Å². The molecule has 84 valence electrons. The van der Waals surface area contributed by atoms with Crippen LogP contribution in [0.4, 0.5) is 0 Å². The van der Waals surface area contributed by atoms with Crippen LogP contribution in [0.1, 0.15) is 15.9 Å². The summed E-state index contributed by atoms with van der Waals surface area (Å²) in [4.78, 5) is 12.0. The zero-order valence-electron chi connectivity index (χ0n) is 8.07. The first-order valence-corrected chi connectivity index (χ1v) is 5.85. The Morgan fingerprint density at radius 2 is 2.40 bits per heavy atom. The minimum atomic E-state index is -1.04. The summed E-state index contributed by atoms with van der Waals surface area (Å²) in [5.74, 6) is -1.04. The van der Waals surface area contributed by atoms with Crippen LogP contribution in [-0.2, 0) is 9.53 Å². The molecule has 2 N–H and O–H groups in total. The standard InChI is InChI=1S/C9H11BrO4S/c1-5-6(10)2-8(15-5)7(11)3-14-4-9(12)13/h2,7,11H,3-4H2,1H3,(H,12,13). The predicted octanol–water partition coefficient (Wildman–Crippen LogP) is 1.95. The van der Waals surface area contributed by atoms with Crippen LogP contribution in [0.15, 0.2) is 10.5 Å². The van der Waals surface area contributed by atoms with Gasteiger partial charge in [-0.2, -0.15) is 0 Å². The Balaban J connectivity index is 2.46. The van der Waals surface area contributed by atoms with Gasteiger partial charge in [0.15, 0.2) is 0 Å². The first kappa shape index (κ1) is 12.6. The van der Waals surface area contributed by atoms with Gasteiger partial charge in [-0.1, -0.05) is 0 Å². The highest BCUT2D eigenvalue weighted by atomic mass is 79.9. The monoisotopic (exact) mass is 294 g/mol. The Hall–Kier alpha value is -0.430. The van der Waals surface area contributed by atoms with Crippen LogP contribution in [-0.4, -0.2) is 29.4 Å². The van der Waals surface area contributed by atoms with Crippen molar-refractivity contribution in [3.05, 3.63) is 20.3 Å². The number of carbonyl (C=O) groups is 1. The van der Waals surface area contributed by atoms with Crippen LogP contribution in [0.2, 0.25) is 0 Å². The number of hydrogen-bond donors (Lipinski definition) is 2. The maximum Gasteiger partial charge on any atom is 0.329 e. The second-order valence-electron chi connectivity index (χ2n) is 2.98. The highest BCUT2D eigenvalue weighted by Gasteiger charge is 2.13. The third-order valence-corrected chi connectivity index (χ3v) is 3.94. The highest BCUT2D eigenvalue weighted by molar-refractivity contribution is 9.10. The van der Waals surface area contributed by atoms with Crippen molar-refractivity contribution in [3.63, 3.8) is 0 Å². The SMILES string of the molecule is Cc1sc(C(O)COCC(=O)O)cc1Br. The van der Waals surface area contributed by atoms with Gasteiger partial charge in [-0.25, -0.2) is 4.79 Å². The van der Waals surface area contributed by atoms with Crippen molar-refractivity contribution < 1.29 is 19.7 Å². The summed E-state index contributed by atoms with van der Waals surface area (Å²) >= 11 is 4.80. The molecule has 0 aromatic carbocycles. The van der Waals surface area contributed by atoms with E-state index in [1.54, 1.807) is 0 Å². The quantitative estimate of drug-likeness (QED) is 0.871. The molecule has 1 aromatic heterocycles. The number of aliphatic hydroxyl groups is 1. The van der Waals surface area contributed by atoms with E-state index in [1.165, 1.54) is 11.3 Å². The molecule has 0 saturated carbocycles. The summed E-state index contributed by atoms with van der Waals surface area (Å²) in [6.07, 6.45) is -0.764. The second-order valence-corrected chi connectivity index (χ2v) is 5.12. The smallest absolute Gasteiger partial charge is 0.329 e. The number of rotatable bonds is 5. The average molecular weight is 295 g/mol. The summed E-state index contributed by atoms with van der Waals surface area (Å²) in [6.45, 7) is 1.55. The van der Waals surface area contributed by atoms with Crippen LogP contribution in [0.3, 0.4) is 0 Å². The first-order chi connectivity index (χ1) is 7.00.